The average Bonchev–Trinajstić information content (AvgIpc) is 2.55. The van der Waals surface area contributed by atoms with Gasteiger partial charge in [0.05, 0.1) is 19.0 Å². The Balaban J connectivity index is 2.04. The molecule has 3 rings (SSSR count). The van der Waals surface area contributed by atoms with Gasteiger partial charge in [-0.15, -0.1) is 0 Å². The Labute approximate surface area is 128 Å². The van der Waals surface area contributed by atoms with Crippen LogP contribution in [0.3, 0.4) is 0 Å². The van der Waals surface area contributed by atoms with Crippen LogP contribution in [0.1, 0.15) is 18.5 Å². The summed E-state index contributed by atoms with van der Waals surface area (Å²) >= 11 is 0. The minimum Gasteiger partial charge on any atom is -0.496 e. The van der Waals surface area contributed by atoms with Gasteiger partial charge in [-0.25, -0.2) is 4.98 Å². The third-order valence-corrected chi connectivity index (χ3v) is 3.72. The van der Waals surface area contributed by atoms with Gasteiger partial charge in [0.15, 0.2) is 0 Å². The first kappa shape index (κ1) is 14.3. The van der Waals surface area contributed by atoms with Crippen molar-refractivity contribution in [3.63, 3.8) is 0 Å². The zero-order valence-corrected chi connectivity index (χ0v) is 12.6. The molecule has 0 saturated carbocycles. The standard InChI is InChI=1S/C17H17N3O2/c1-12(9-13-5-4-8-18-10-13)20-11-19-14-6-3-7-15(22-2)16(14)17(20)21/h3-8,10-12H,9H2,1-2H3. The topological polar surface area (TPSA) is 57.0 Å². The quantitative estimate of drug-likeness (QED) is 0.742. The monoisotopic (exact) mass is 295 g/mol. The lowest BCUT2D eigenvalue weighted by Gasteiger charge is -2.15. The number of methoxy groups -OCH3 is 1. The Bertz CT molecular complexity index is 843. The molecule has 3 aromatic rings. The molecule has 2 heterocycles. The van der Waals surface area contributed by atoms with Gasteiger partial charge in [-0.3, -0.25) is 14.3 Å². The van der Waals surface area contributed by atoms with Crippen molar-refractivity contribution >= 4 is 10.9 Å². The van der Waals surface area contributed by atoms with Gasteiger partial charge >= 0.3 is 0 Å². The van der Waals surface area contributed by atoms with Gasteiger partial charge in [-0.05, 0) is 37.1 Å². The molecular weight excluding hydrogens is 278 g/mol. The maximum Gasteiger partial charge on any atom is 0.265 e. The average molecular weight is 295 g/mol. The number of rotatable bonds is 4. The SMILES string of the molecule is COc1cccc2ncn(C(C)Cc3cccnc3)c(=O)c12. The van der Waals surface area contributed by atoms with Crippen LogP contribution in [0.5, 0.6) is 5.75 Å². The highest BCUT2D eigenvalue weighted by molar-refractivity contribution is 5.83. The first-order valence-corrected chi connectivity index (χ1v) is 7.13. The Kier molecular flexibility index (Phi) is 3.87. The second kappa shape index (κ2) is 5.97. The summed E-state index contributed by atoms with van der Waals surface area (Å²) in [5.74, 6) is 0.554. The molecule has 2 aromatic heterocycles. The maximum atomic E-state index is 12.8. The summed E-state index contributed by atoms with van der Waals surface area (Å²) in [6.07, 6.45) is 5.88. The molecule has 0 bridgehead atoms. The van der Waals surface area contributed by atoms with Crippen LogP contribution in [0.4, 0.5) is 0 Å². The molecule has 0 saturated heterocycles. The minimum absolute atomic E-state index is 0.0153. The normalized spacial score (nSPS) is 12.3. The van der Waals surface area contributed by atoms with E-state index < -0.39 is 0 Å². The number of nitrogens with zero attached hydrogens (tertiary/aromatic N) is 3. The first-order valence-electron chi connectivity index (χ1n) is 7.13. The van der Waals surface area contributed by atoms with Crippen molar-refractivity contribution in [2.75, 3.05) is 7.11 Å². The van der Waals surface area contributed by atoms with E-state index in [1.54, 1.807) is 30.3 Å². The van der Waals surface area contributed by atoms with Gasteiger partial charge in [-0.2, -0.15) is 0 Å². The molecule has 1 atom stereocenters. The third-order valence-electron chi connectivity index (χ3n) is 3.72. The number of benzene rings is 1. The van der Waals surface area contributed by atoms with Crippen molar-refractivity contribution in [2.24, 2.45) is 0 Å². The van der Waals surface area contributed by atoms with E-state index in [0.29, 0.717) is 16.7 Å². The summed E-state index contributed by atoms with van der Waals surface area (Å²) in [5, 5.41) is 0.519. The zero-order chi connectivity index (χ0) is 15.5. The highest BCUT2D eigenvalue weighted by Gasteiger charge is 2.13. The molecule has 5 heteroatoms. The maximum absolute atomic E-state index is 12.8. The number of hydrogen-bond donors (Lipinski definition) is 0. The molecule has 1 aromatic carbocycles. The van der Waals surface area contributed by atoms with Crippen molar-refractivity contribution in [2.45, 2.75) is 19.4 Å². The van der Waals surface area contributed by atoms with Crippen molar-refractivity contribution in [3.05, 3.63) is 65.0 Å². The molecule has 0 spiro atoms. The first-order chi connectivity index (χ1) is 10.7. The molecule has 0 amide bonds. The van der Waals surface area contributed by atoms with Crippen LogP contribution in [-0.2, 0) is 6.42 Å². The number of ether oxygens (including phenoxy) is 1. The molecular formula is C17H17N3O2. The van der Waals surface area contributed by atoms with Crippen LogP contribution in [-0.4, -0.2) is 21.6 Å². The van der Waals surface area contributed by atoms with Gasteiger partial charge in [0, 0.05) is 18.4 Å². The Hall–Kier alpha value is -2.69. The fraction of sp³-hybridized carbons (Fsp3) is 0.235. The molecule has 5 nitrogen and oxygen atoms in total. The number of pyridine rings is 1. The lowest BCUT2D eigenvalue weighted by atomic mass is 10.1. The number of fused-ring (bicyclic) bond motifs is 1. The van der Waals surface area contributed by atoms with Crippen molar-refractivity contribution in [1.82, 2.24) is 14.5 Å². The van der Waals surface area contributed by atoms with E-state index in [2.05, 4.69) is 9.97 Å². The predicted octanol–water partition coefficient (Wildman–Crippen LogP) is 2.60. The Morgan fingerprint density at radius 1 is 1.27 bits per heavy atom. The number of aromatic nitrogens is 3. The Morgan fingerprint density at radius 2 is 2.14 bits per heavy atom. The fourth-order valence-corrected chi connectivity index (χ4v) is 2.59. The van der Waals surface area contributed by atoms with E-state index in [1.807, 2.05) is 37.4 Å². The molecule has 1 unspecified atom stereocenters. The van der Waals surface area contributed by atoms with Crippen LogP contribution in [0, 0.1) is 0 Å². The smallest absolute Gasteiger partial charge is 0.265 e. The highest BCUT2D eigenvalue weighted by atomic mass is 16.5. The molecule has 0 fully saturated rings. The third kappa shape index (κ3) is 2.57. The Morgan fingerprint density at radius 3 is 2.86 bits per heavy atom. The second-order valence-corrected chi connectivity index (χ2v) is 5.23. The summed E-state index contributed by atoms with van der Waals surface area (Å²) in [4.78, 5) is 21.3. The summed E-state index contributed by atoms with van der Waals surface area (Å²) in [6, 6.07) is 9.31. The zero-order valence-electron chi connectivity index (χ0n) is 12.6. The summed E-state index contributed by atoms with van der Waals surface area (Å²) in [5.41, 5.74) is 1.65. The fourth-order valence-electron chi connectivity index (χ4n) is 2.59. The molecule has 0 radical (unpaired) electrons. The second-order valence-electron chi connectivity index (χ2n) is 5.23. The van der Waals surface area contributed by atoms with E-state index in [0.717, 1.165) is 12.0 Å². The van der Waals surface area contributed by atoms with Crippen LogP contribution >= 0.6 is 0 Å². The van der Waals surface area contributed by atoms with Gasteiger partial charge in [-0.1, -0.05) is 12.1 Å². The van der Waals surface area contributed by atoms with Gasteiger partial charge in [0.2, 0.25) is 0 Å². The van der Waals surface area contributed by atoms with Crippen molar-refractivity contribution in [1.29, 1.82) is 0 Å². The molecule has 0 N–H and O–H groups in total. The van der Waals surface area contributed by atoms with Crippen molar-refractivity contribution in [3.8, 4) is 5.75 Å². The van der Waals surface area contributed by atoms with Crippen LogP contribution in [0.15, 0.2) is 53.8 Å². The van der Waals surface area contributed by atoms with Gasteiger partial charge in [0.1, 0.15) is 11.1 Å². The highest BCUT2D eigenvalue weighted by Crippen LogP contribution is 2.21. The van der Waals surface area contributed by atoms with E-state index in [1.165, 1.54) is 0 Å². The van der Waals surface area contributed by atoms with Crippen LogP contribution in [0.2, 0.25) is 0 Å². The van der Waals surface area contributed by atoms with E-state index in [9.17, 15) is 4.79 Å². The lowest BCUT2D eigenvalue weighted by molar-refractivity contribution is 0.418. The van der Waals surface area contributed by atoms with E-state index >= 15 is 0 Å². The van der Waals surface area contributed by atoms with Gasteiger partial charge < -0.3 is 4.74 Å². The molecule has 22 heavy (non-hydrogen) atoms. The molecule has 0 aliphatic heterocycles. The summed E-state index contributed by atoms with van der Waals surface area (Å²) in [6.45, 7) is 2.00. The van der Waals surface area contributed by atoms with Gasteiger partial charge in [0.25, 0.3) is 5.56 Å². The summed E-state index contributed by atoms with van der Waals surface area (Å²) < 4.78 is 6.95. The van der Waals surface area contributed by atoms with Crippen molar-refractivity contribution < 1.29 is 4.74 Å². The largest absolute Gasteiger partial charge is 0.496 e. The van der Waals surface area contributed by atoms with Crippen LogP contribution in [0.25, 0.3) is 10.9 Å². The van der Waals surface area contributed by atoms with Crippen LogP contribution < -0.4 is 10.3 Å². The van der Waals surface area contributed by atoms with E-state index in [4.69, 9.17) is 4.74 Å². The number of hydrogen-bond acceptors (Lipinski definition) is 4. The summed E-state index contributed by atoms with van der Waals surface area (Å²) in [7, 11) is 1.56. The van der Waals surface area contributed by atoms with E-state index in [-0.39, 0.29) is 11.6 Å². The minimum atomic E-state index is -0.0844. The molecule has 0 aliphatic rings. The lowest BCUT2D eigenvalue weighted by Crippen LogP contribution is -2.25. The predicted molar refractivity (Wildman–Crippen MR) is 85.2 cm³/mol. The molecule has 0 aliphatic carbocycles. The molecule has 112 valence electrons.